The number of carboxylic acid groups (broad SMARTS) is 2. The number of nitrogens with zero attached hydrogens (tertiary/aromatic N) is 2. The number of carbonyl (C=O) groups is 8. The molecule has 0 aromatic carbocycles. The number of aromatic nitrogens is 4. The third kappa shape index (κ3) is 12.8. The highest BCUT2D eigenvalue weighted by Crippen LogP contribution is 2.00. The summed E-state index contributed by atoms with van der Waals surface area (Å²) in [6.45, 7) is -2.79. The predicted octanol–water partition coefficient (Wildman–Crippen LogP) is -6.82. The second-order valence-corrected chi connectivity index (χ2v) is 9.51. The van der Waals surface area contributed by atoms with E-state index < -0.39 is 97.7 Å². The maximum atomic E-state index is 12.5. The lowest BCUT2D eigenvalue weighted by molar-refractivity contribution is -0.138. The van der Waals surface area contributed by atoms with Crippen LogP contribution in [0, 0.1) is 0 Å². The van der Waals surface area contributed by atoms with Crippen LogP contribution in [0.15, 0.2) is 25.0 Å². The second-order valence-electron chi connectivity index (χ2n) is 9.51. The summed E-state index contributed by atoms with van der Waals surface area (Å²) in [5, 5.41) is 30.8. The van der Waals surface area contributed by atoms with Gasteiger partial charge in [-0.15, -0.1) is 0 Å². The van der Waals surface area contributed by atoms with E-state index in [1.165, 1.54) is 25.0 Å². The van der Waals surface area contributed by atoms with E-state index in [0.29, 0.717) is 11.4 Å². The van der Waals surface area contributed by atoms with Crippen LogP contribution in [0.2, 0.25) is 0 Å². The van der Waals surface area contributed by atoms with Crippen molar-refractivity contribution in [1.29, 1.82) is 0 Å². The number of aromatic amines is 2. The molecule has 0 aliphatic carbocycles. The lowest BCUT2D eigenvalue weighted by Gasteiger charge is -2.21. The fraction of sp³-hybridized carbons (Fsp3) is 0.417. The van der Waals surface area contributed by atoms with Crippen LogP contribution in [0.3, 0.4) is 0 Å². The summed E-state index contributed by atoms with van der Waals surface area (Å²) in [6, 6.07) is -5.85. The molecule has 6 amide bonds. The molecule has 2 aromatic heterocycles. The van der Waals surface area contributed by atoms with Crippen molar-refractivity contribution >= 4 is 47.4 Å². The molecule has 46 heavy (non-hydrogen) atoms. The van der Waals surface area contributed by atoms with Gasteiger partial charge in [-0.3, -0.25) is 38.4 Å². The summed E-state index contributed by atoms with van der Waals surface area (Å²) >= 11 is 0. The van der Waals surface area contributed by atoms with Crippen molar-refractivity contribution < 1.29 is 48.6 Å². The van der Waals surface area contributed by atoms with E-state index in [1.54, 1.807) is 0 Å². The van der Waals surface area contributed by atoms with E-state index in [9.17, 15) is 38.4 Å². The molecule has 14 N–H and O–H groups in total. The molecule has 0 aliphatic heterocycles. The number of amides is 6. The van der Waals surface area contributed by atoms with E-state index in [0.717, 1.165) is 0 Å². The van der Waals surface area contributed by atoms with Crippen LogP contribution in [0.4, 0.5) is 0 Å². The molecule has 0 saturated heterocycles. The molecule has 0 spiro atoms. The number of hydrogen-bond acceptors (Lipinski definition) is 12. The Bertz CT molecular complexity index is 1280. The Kier molecular flexibility index (Phi) is 14.2. The monoisotopic (exact) mass is 650 g/mol. The highest BCUT2D eigenvalue weighted by atomic mass is 16.4. The van der Waals surface area contributed by atoms with Gasteiger partial charge in [0.05, 0.1) is 25.7 Å². The number of rotatable bonds is 19. The van der Waals surface area contributed by atoms with E-state index in [1.807, 2.05) is 0 Å². The van der Waals surface area contributed by atoms with Gasteiger partial charge in [0.15, 0.2) is 0 Å². The summed E-state index contributed by atoms with van der Waals surface area (Å²) in [7, 11) is 0. The van der Waals surface area contributed by atoms with Gasteiger partial charge in [-0.1, -0.05) is 0 Å². The molecular weight excluding hydrogens is 616 g/mol. The smallest absolute Gasteiger partial charge is 0.322 e. The zero-order valence-electron chi connectivity index (χ0n) is 24.1. The Hall–Kier alpha value is -5.90. The summed E-state index contributed by atoms with van der Waals surface area (Å²) in [6.07, 6.45) is 5.28. The van der Waals surface area contributed by atoms with Crippen LogP contribution >= 0.6 is 0 Å². The van der Waals surface area contributed by atoms with Crippen molar-refractivity contribution in [2.24, 2.45) is 11.5 Å². The first kappa shape index (κ1) is 36.3. The summed E-state index contributed by atoms with van der Waals surface area (Å²) in [5.74, 6) is -8.03. The van der Waals surface area contributed by atoms with Gasteiger partial charge in [-0.05, 0) is 0 Å². The van der Waals surface area contributed by atoms with Gasteiger partial charge < -0.3 is 63.5 Å². The van der Waals surface area contributed by atoms with Crippen molar-refractivity contribution in [3.05, 3.63) is 36.4 Å². The summed E-state index contributed by atoms with van der Waals surface area (Å²) < 4.78 is 0. The Morgan fingerprint density at radius 1 is 0.609 bits per heavy atom. The molecule has 22 heteroatoms. The van der Waals surface area contributed by atoms with Gasteiger partial charge >= 0.3 is 11.9 Å². The topological polar surface area (TPSA) is 359 Å². The molecule has 0 aliphatic rings. The van der Waals surface area contributed by atoms with Gasteiger partial charge in [-0.25, -0.2) is 9.97 Å². The Balaban J connectivity index is 1.86. The van der Waals surface area contributed by atoms with Crippen LogP contribution in [0.5, 0.6) is 0 Å². The molecule has 2 rings (SSSR count). The number of hydrogen-bond donors (Lipinski definition) is 12. The lowest BCUT2D eigenvalue weighted by Crippen LogP contribution is -2.60. The SMILES string of the molecule is NC(C(=O)NCC(=O)NC(Cc1cnc[nH]1)C(=O)NCC(=O)O)C(N)C(=O)NCC(=O)NC(Cc1cnc[nH]1)C(=O)NCC(=O)O. The minimum Gasteiger partial charge on any atom is -0.480 e. The molecule has 0 fully saturated rings. The maximum Gasteiger partial charge on any atom is 0.322 e. The fourth-order valence-electron chi connectivity index (χ4n) is 3.61. The summed E-state index contributed by atoms with van der Waals surface area (Å²) in [4.78, 5) is 109. The molecule has 2 aromatic rings. The number of H-pyrrole nitrogens is 2. The van der Waals surface area contributed by atoms with Gasteiger partial charge in [0.1, 0.15) is 37.3 Å². The normalized spacial score (nSPS) is 13.2. The van der Waals surface area contributed by atoms with Crippen LogP contribution in [-0.2, 0) is 51.2 Å². The van der Waals surface area contributed by atoms with Crippen LogP contribution in [0.25, 0.3) is 0 Å². The molecule has 2 heterocycles. The minimum absolute atomic E-state index is 0.0831. The number of aliphatic carboxylic acids is 2. The predicted molar refractivity (Wildman–Crippen MR) is 152 cm³/mol. The Morgan fingerprint density at radius 2 is 0.957 bits per heavy atom. The highest BCUT2D eigenvalue weighted by Gasteiger charge is 2.29. The average molecular weight is 651 g/mol. The van der Waals surface area contributed by atoms with E-state index in [4.69, 9.17) is 21.7 Å². The number of carboxylic acids is 2. The standard InChI is InChI=1S/C24H34N12O10/c25-19(23(45)29-5-15(37)35-13(1-11-3-27-9-33-11)21(43)31-7-17(39)40)20(26)24(46)30-6-16(38)36-14(2-12-4-28-10-34-12)22(44)32-8-18(41)42/h3-4,9-10,13-14,19-20H,1-2,5-8,25-26H2,(H,27,33)(H,28,34)(H,29,45)(H,30,46)(H,31,43)(H,32,44)(H,35,37)(H,36,38)(H,39,40)(H,41,42). The van der Waals surface area contributed by atoms with Crippen molar-refractivity contribution in [2.45, 2.75) is 37.0 Å². The first-order valence-corrected chi connectivity index (χ1v) is 13.4. The molecule has 0 bridgehead atoms. The van der Waals surface area contributed by atoms with E-state index >= 15 is 0 Å². The molecule has 4 unspecified atom stereocenters. The number of carbonyl (C=O) groups excluding carboxylic acids is 6. The zero-order valence-corrected chi connectivity index (χ0v) is 24.1. The first-order valence-electron chi connectivity index (χ1n) is 13.4. The van der Waals surface area contributed by atoms with Gasteiger partial charge in [0.25, 0.3) is 0 Å². The molecule has 0 saturated carbocycles. The zero-order chi connectivity index (χ0) is 34.2. The number of nitrogens with one attached hydrogen (secondary N) is 8. The second kappa shape index (κ2) is 18.0. The number of nitrogens with two attached hydrogens (primary N) is 2. The van der Waals surface area contributed by atoms with Crippen molar-refractivity contribution in [2.75, 3.05) is 26.2 Å². The highest BCUT2D eigenvalue weighted by molar-refractivity contribution is 5.96. The molecule has 4 atom stereocenters. The third-order valence-electron chi connectivity index (χ3n) is 5.93. The first-order chi connectivity index (χ1) is 21.8. The molecule has 250 valence electrons. The molecular formula is C24H34N12O10. The third-order valence-corrected chi connectivity index (χ3v) is 5.93. The van der Waals surface area contributed by atoms with Gasteiger partial charge in [0.2, 0.25) is 35.4 Å². The van der Waals surface area contributed by atoms with Crippen LogP contribution in [0.1, 0.15) is 11.4 Å². The van der Waals surface area contributed by atoms with Crippen molar-refractivity contribution in [1.82, 2.24) is 51.8 Å². The maximum absolute atomic E-state index is 12.5. The molecule has 22 nitrogen and oxygen atoms in total. The van der Waals surface area contributed by atoms with Gasteiger partial charge in [-0.2, -0.15) is 0 Å². The fourth-order valence-corrected chi connectivity index (χ4v) is 3.61. The number of imidazole rings is 2. The lowest BCUT2D eigenvalue weighted by atomic mass is 10.1. The van der Waals surface area contributed by atoms with Crippen molar-refractivity contribution in [3.63, 3.8) is 0 Å². The Labute approximate surface area is 259 Å². The molecule has 0 radical (unpaired) electrons. The van der Waals surface area contributed by atoms with Crippen LogP contribution in [-0.4, -0.2) is 128 Å². The Morgan fingerprint density at radius 3 is 1.26 bits per heavy atom. The van der Waals surface area contributed by atoms with Crippen LogP contribution < -0.4 is 43.4 Å². The average Bonchev–Trinajstić information content (AvgIpc) is 3.73. The minimum atomic E-state index is -1.69. The quantitative estimate of drug-likeness (QED) is 0.0672. The summed E-state index contributed by atoms with van der Waals surface area (Å²) in [5.41, 5.74) is 12.4. The van der Waals surface area contributed by atoms with Gasteiger partial charge in [0, 0.05) is 36.6 Å². The largest absolute Gasteiger partial charge is 0.480 e. The van der Waals surface area contributed by atoms with E-state index in [2.05, 4.69) is 51.8 Å². The van der Waals surface area contributed by atoms with Crippen molar-refractivity contribution in [3.8, 4) is 0 Å². The van der Waals surface area contributed by atoms with E-state index in [-0.39, 0.29) is 12.8 Å².